The molecule has 7 atom stereocenters. The van der Waals surface area contributed by atoms with Crippen molar-refractivity contribution in [3.63, 3.8) is 0 Å². The molecule has 0 radical (unpaired) electrons. The number of benzene rings is 1. The molecule has 64 heavy (non-hydrogen) atoms. The number of halogens is 1. The number of aliphatic carboxylic acids is 1. The van der Waals surface area contributed by atoms with Gasteiger partial charge in [-0.05, 0) is 67.9 Å². The number of aromatic nitrogens is 1. The van der Waals surface area contributed by atoms with Gasteiger partial charge in [0, 0.05) is 82.2 Å². The lowest BCUT2D eigenvalue weighted by molar-refractivity contribution is -0.169. The molecule has 3 amide bonds. The summed E-state index contributed by atoms with van der Waals surface area (Å²) in [6.07, 6.45) is 0.982. The first-order chi connectivity index (χ1) is 29.4. The van der Waals surface area contributed by atoms with Crippen LogP contribution in [0.3, 0.4) is 0 Å². The Bertz CT molecular complexity index is 1920. The van der Waals surface area contributed by atoms with Crippen molar-refractivity contribution in [2.75, 3.05) is 21.1 Å². The van der Waals surface area contributed by atoms with Crippen LogP contribution >= 0.6 is 12.4 Å². The Morgan fingerprint density at radius 3 is 1.70 bits per heavy atom. The summed E-state index contributed by atoms with van der Waals surface area (Å²) in [6.45, 7) is 17.0. The Kier molecular flexibility index (Phi) is 24.0. The normalized spacial score (nSPS) is 14.8. The zero-order valence-electron chi connectivity index (χ0n) is 40.1. The minimum absolute atomic E-state index is 0. The second-order valence-corrected chi connectivity index (χ2v) is 18.9. The quantitative estimate of drug-likeness (QED) is 0.0810. The molecular weight excluding hydrogens is 840 g/mol. The highest BCUT2D eigenvalue weighted by Gasteiger charge is 2.39. The highest BCUT2D eigenvalue weighted by Crippen LogP contribution is 2.28. The molecule has 0 aliphatic carbocycles. The van der Waals surface area contributed by atoms with Gasteiger partial charge in [-0.3, -0.25) is 24.0 Å². The van der Waals surface area contributed by atoms with E-state index in [-0.39, 0.29) is 86.3 Å². The molecule has 0 saturated heterocycles. The van der Waals surface area contributed by atoms with E-state index in [4.69, 9.17) is 15.7 Å². The summed E-state index contributed by atoms with van der Waals surface area (Å²) in [6, 6.07) is 5.56. The Balaban J connectivity index is 0.0000205. The number of aromatic amines is 1. The smallest absolute Gasteiger partial charge is 0.345 e. The van der Waals surface area contributed by atoms with Crippen molar-refractivity contribution in [3.8, 4) is 6.07 Å². The van der Waals surface area contributed by atoms with Crippen LogP contribution in [-0.2, 0) is 44.7 Å². The van der Waals surface area contributed by atoms with E-state index < -0.39 is 71.6 Å². The number of para-hydroxylation sites is 1. The Morgan fingerprint density at radius 2 is 1.20 bits per heavy atom. The van der Waals surface area contributed by atoms with Crippen LogP contribution in [-0.4, -0.2) is 117 Å². The van der Waals surface area contributed by atoms with Gasteiger partial charge >= 0.3 is 11.9 Å². The Labute approximate surface area is 386 Å². The fourth-order valence-corrected chi connectivity index (χ4v) is 8.14. The van der Waals surface area contributed by atoms with E-state index in [1.165, 1.54) is 23.8 Å². The Morgan fingerprint density at radius 1 is 0.719 bits per heavy atom. The largest absolute Gasteiger partial charge is 0.479 e. The van der Waals surface area contributed by atoms with Crippen molar-refractivity contribution in [2.24, 2.45) is 41.2 Å². The van der Waals surface area contributed by atoms with E-state index in [0.29, 0.717) is 19.3 Å². The van der Waals surface area contributed by atoms with E-state index in [0.717, 1.165) is 21.4 Å². The van der Waals surface area contributed by atoms with Gasteiger partial charge in [0.25, 0.3) is 0 Å². The minimum atomic E-state index is -1.57. The highest BCUT2D eigenvalue weighted by molar-refractivity contribution is 5.97. The van der Waals surface area contributed by atoms with E-state index in [9.17, 15) is 38.7 Å². The lowest BCUT2D eigenvalue weighted by Crippen LogP contribution is -2.51. The van der Waals surface area contributed by atoms with Crippen LogP contribution in [0.25, 0.3) is 10.9 Å². The highest BCUT2D eigenvalue weighted by atomic mass is 35.5. The lowest BCUT2D eigenvalue weighted by Gasteiger charge is -2.34. The number of nitriles is 1. The molecule has 1 aromatic heterocycles. The van der Waals surface area contributed by atoms with Crippen LogP contribution in [0, 0.1) is 46.8 Å². The number of hydrogen-bond acceptors (Lipinski definition) is 10. The standard InChI is InChI=1S/C48H74N6O9.ClH/c1-28(2)20-33(44(57)52(10)32(9)48(62)63-43(47(60)61)18-15-19-49)25-42(56)40(24-35-27-51-38-17-14-13-16-36(35)38)53(11)45(58)34(21-29(3)4)26-41(55)39(23-31(7)8)54(12)46(59)37(50)22-30(5)6;/h13-14,16-17,27-34,37,39-40,43,51H,15,18,20-26,50H2,1-12H3,(H,60,61);1H/t32-,33+,34+,37-,39-,40-,43+;/m0./s1. The average molecular weight is 916 g/mol. The van der Waals surface area contributed by atoms with E-state index in [1.54, 1.807) is 20.3 Å². The fourth-order valence-electron chi connectivity index (χ4n) is 8.14. The number of ketones is 2. The van der Waals surface area contributed by atoms with Gasteiger partial charge in [-0.1, -0.05) is 73.6 Å². The molecule has 0 fully saturated rings. The maximum Gasteiger partial charge on any atom is 0.345 e. The number of nitrogens with one attached hydrogen (secondary N) is 1. The number of carboxylic acids is 1. The second-order valence-electron chi connectivity index (χ2n) is 18.9. The number of rotatable bonds is 27. The predicted molar refractivity (Wildman–Crippen MR) is 249 cm³/mol. The third-order valence-corrected chi connectivity index (χ3v) is 11.6. The number of ether oxygens (including phenoxy) is 1. The molecule has 1 heterocycles. The van der Waals surface area contributed by atoms with E-state index >= 15 is 0 Å². The second kappa shape index (κ2) is 26.9. The number of H-pyrrole nitrogens is 1. The van der Waals surface area contributed by atoms with Crippen molar-refractivity contribution in [3.05, 3.63) is 36.0 Å². The van der Waals surface area contributed by atoms with E-state index in [2.05, 4.69) is 4.98 Å². The van der Waals surface area contributed by atoms with Gasteiger partial charge in [0.1, 0.15) is 6.04 Å². The summed E-state index contributed by atoms with van der Waals surface area (Å²) in [7, 11) is 4.53. The van der Waals surface area contributed by atoms with Gasteiger partial charge in [-0.2, -0.15) is 5.26 Å². The molecule has 0 aliphatic heterocycles. The van der Waals surface area contributed by atoms with Gasteiger partial charge in [0.15, 0.2) is 17.7 Å². The third-order valence-electron chi connectivity index (χ3n) is 11.6. The topological polar surface area (TPSA) is 224 Å². The number of nitrogens with zero attached hydrogens (tertiary/aromatic N) is 4. The fraction of sp³-hybridized carbons (Fsp3) is 0.667. The molecule has 4 N–H and O–H groups in total. The van der Waals surface area contributed by atoms with Crippen LogP contribution in [0.5, 0.6) is 0 Å². The number of fused-ring (bicyclic) bond motifs is 1. The monoisotopic (exact) mass is 915 g/mol. The zero-order valence-corrected chi connectivity index (χ0v) is 40.9. The maximum atomic E-state index is 14.8. The van der Waals surface area contributed by atoms with Crippen LogP contribution in [0.1, 0.15) is 119 Å². The van der Waals surface area contributed by atoms with Gasteiger partial charge < -0.3 is 35.3 Å². The molecule has 15 nitrogen and oxygen atoms in total. The van der Waals surface area contributed by atoms with Crippen molar-refractivity contribution >= 4 is 64.5 Å². The van der Waals surface area contributed by atoms with Crippen LogP contribution in [0.2, 0.25) is 0 Å². The van der Waals surface area contributed by atoms with Gasteiger partial charge in [-0.15, -0.1) is 12.4 Å². The summed E-state index contributed by atoms with van der Waals surface area (Å²) in [5.41, 5.74) is 7.91. The van der Waals surface area contributed by atoms with Crippen molar-refractivity contribution in [1.29, 1.82) is 5.26 Å². The molecule has 0 spiro atoms. The maximum absolute atomic E-state index is 14.8. The number of nitrogens with two attached hydrogens (primary N) is 1. The number of Topliss-reactive ketones (excluding diaryl/α,β-unsaturated/α-hetero) is 2. The predicted octanol–water partition coefficient (Wildman–Crippen LogP) is 6.60. The number of esters is 1. The van der Waals surface area contributed by atoms with Gasteiger partial charge in [0.05, 0.1) is 24.2 Å². The summed E-state index contributed by atoms with van der Waals surface area (Å²) in [4.78, 5) is 104. The molecule has 358 valence electrons. The number of hydrogen-bond donors (Lipinski definition) is 3. The van der Waals surface area contributed by atoms with Crippen molar-refractivity contribution in [2.45, 2.75) is 150 Å². The molecule has 2 aromatic rings. The third kappa shape index (κ3) is 17.0. The lowest BCUT2D eigenvalue weighted by atomic mass is 9.85. The molecule has 1 aromatic carbocycles. The first-order valence-corrected chi connectivity index (χ1v) is 22.4. The SMILES string of the molecule is CC(C)C[C@H](CC(=O)[C@H](Cc1c[nH]c2ccccc12)N(C)C(=O)[C@@H](CC(=O)[C@H](CC(C)C)N(C)C(=O)[C@@H](N)CC(C)C)CC(C)C)C(=O)N(C)[C@@H](C)C(=O)O[C@H](CCC#N)C(=O)O.Cl. The number of carbonyl (C=O) groups excluding carboxylic acids is 6. The minimum Gasteiger partial charge on any atom is -0.479 e. The molecule has 2 rings (SSSR count). The average Bonchev–Trinajstić information content (AvgIpc) is 3.62. The number of carbonyl (C=O) groups is 7. The van der Waals surface area contributed by atoms with Gasteiger partial charge in [-0.25, -0.2) is 9.59 Å². The van der Waals surface area contributed by atoms with E-state index in [1.807, 2.05) is 85.7 Å². The van der Waals surface area contributed by atoms with Gasteiger partial charge in [0.2, 0.25) is 17.7 Å². The van der Waals surface area contributed by atoms with Crippen LogP contribution in [0.4, 0.5) is 0 Å². The first-order valence-electron chi connectivity index (χ1n) is 22.4. The number of likely N-dealkylation sites (N-methyl/N-ethyl adjacent to an activating group) is 3. The molecule has 0 saturated carbocycles. The van der Waals surface area contributed by atoms with Crippen molar-refractivity contribution in [1.82, 2.24) is 19.7 Å². The molecule has 0 bridgehead atoms. The Hall–Kier alpha value is -4.81. The summed E-state index contributed by atoms with van der Waals surface area (Å²) in [5.74, 6) is -5.87. The first kappa shape index (κ1) is 57.2. The molecule has 0 unspecified atom stereocenters. The zero-order chi connectivity index (χ0) is 47.9. The van der Waals surface area contributed by atoms with Crippen LogP contribution < -0.4 is 5.73 Å². The summed E-state index contributed by atoms with van der Waals surface area (Å²) in [5, 5.41) is 19.3. The molecule has 16 heteroatoms. The van der Waals surface area contributed by atoms with Crippen molar-refractivity contribution < 1.29 is 43.4 Å². The van der Waals surface area contributed by atoms with Crippen LogP contribution in [0.15, 0.2) is 30.5 Å². The number of carboxylic acid groups (broad SMARTS) is 1. The summed E-state index contributed by atoms with van der Waals surface area (Å²) >= 11 is 0. The summed E-state index contributed by atoms with van der Waals surface area (Å²) < 4.78 is 5.19. The number of amides is 3. The molecule has 0 aliphatic rings. The molecular formula is C48H75ClN6O9.